The Morgan fingerprint density at radius 2 is 0.820 bits per heavy atom. The van der Waals surface area contributed by atoms with Crippen LogP contribution in [0.1, 0.15) is 219 Å². The quantitative estimate of drug-likeness (QED) is 0.0323. The van der Waals surface area contributed by atoms with Crippen LogP contribution in [0.2, 0.25) is 0 Å². The maximum atomic E-state index is 12.4. The van der Waals surface area contributed by atoms with E-state index in [1.807, 2.05) is 0 Å². The monoisotopic (exact) mass is 708 g/mol. The fourth-order valence-corrected chi connectivity index (χ4v) is 6.63. The second-order valence-corrected chi connectivity index (χ2v) is 15.0. The van der Waals surface area contributed by atoms with Crippen LogP contribution in [0.15, 0.2) is 24.3 Å². The van der Waals surface area contributed by atoms with E-state index in [0.29, 0.717) is 12.8 Å². The average Bonchev–Trinajstić information content (AvgIpc) is 3.12. The van der Waals surface area contributed by atoms with E-state index in [2.05, 4.69) is 43.5 Å². The number of hydrogen-bond acceptors (Lipinski definition) is 5. The molecule has 0 heterocycles. The van der Waals surface area contributed by atoms with E-state index in [4.69, 9.17) is 0 Å². The van der Waals surface area contributed by atoms with Crippen molar-refractivity contribution in [2.75, 3.05) is 6.61 Å². The number of rotatable bonds is 39. The fourth-order valence-electron chi connectivity index (χ4n) is 6.63. The molecular weight excluding hydrogens is 622 g/mol. The molecule has 50 heavy (non-hydrogen) atoms. The summed E-state index contributed by atoms with van der Waals surface area (Å²) in [5.41, 5.74) is 0. The highest BCUT2D eigenvalue weighted by Crippen LogP contribution is 2.15. The molecule has 6 nitrogen and oxygen atoms in total. The molecule has 0 aliphatic heterocycles. The van der Waals surface area contributed by atoms with Crippen molar-refractivity contribution in [2.24, 2.45) is 0 Å². The summed E-state index contributed by atoms with van der Waals surface area (Å²) < 4.78 is 0. The van der Waals surface area contributed by atoms with Gasteiger partial charge in [0.05, 0.1) is 18.8 Å². The molecule has 0 bridgehead atoms. The molecule has 0 aromatic carbocycles. The number of amides is 1. The van der Waals surface area contributed by atoms with Gasteiger partial charge in [0.2, 0.25) is 5.91 Å². The number of hydrogen-bond donors (Lipinski definition) is 5. The van der Waals surface area contributed by atoms with Crippen LogP contribution in [-0.2, 0) is 4.79 Å². The van der Waals surface area contributed by atoms with Crippen molar-refractivity contribution in [3.05, 3.63) is 24.3 Å². The highest BCUT2D eigenvalue weighted by molar-refractivity contribution is 5.80. The SMILES string of the molecule is CCCCCCCC/C=C\CCCCC(O)C(=O)NC(CO)C(O)C(O)CCC/C=C/CCCCCCCCCCCCCCCCCCC. The van der Waals surface area contributed by atoms with Gasteiger partial charge in [-0.1, -0.05) is 179 Å². The van der Waals surface area contributed by atoms with Crippen LogP contribution in [0.4, 0.5) is 0 Å². The van der Waals surface area contributed by atoms with Gasteiger partial charge in [-0.3, -0.25) is 4.79 Å². The number of aliphatic hydroxyl groups is 4. The van der Waals surface area contributed by atoms with Gasteiger partial charge in [-0.2, -0.15) is 0 Å². The van der Waals surface area contributed by atoms with E-state index in [1.165, 1.54) is 148 Å². The lowest BCUT2D eigenvalue weighted by molar-refractivity contribution is -0.132. The van der Waals surface area contributed by atoms with Crippen molar-refractivity contribution < 1.29 is 25.2 Å². The highest BCUT2D eigenvalue weighted by atomic mass is 16.3. The van der Waals surface area contributed by atoms with Gasteiger partial charge in [-0.15, -0.1) is 0 Å². The Balaban J connectivity index is 3.76. The predicted octanol–water partition coefficient (Wildman–Crippen LogP) is 11.2. The molecule has 1 amide bonds. The van der Waals surface area contributed by atoms with Crippen LogP contribution < -0.4 is 5.32 Å². The first-order valence-electron chi connectivity index (χ1n) is 21.7. The molecule has 0 aromatic heterocycles. The van der Waals surface area contributed by atoms with Gasteiger partial charge in [-0.25, -0.2) is 0 Å². The standard InChI is InChI=1S/C44H85NO5/c1-3-5-7-9-11-13-15-17-18-19-20-21-22-23-24-25-26-28-29-31-33-35-37-41(47)43(49)40(39-46)45-44(50)42(48)38-36-34-32-30-27-16-14-12-10-8-6-4-2/h27,29-31,40-43,46-49H,3-26,28,32-39H2,1-2H3,(H,45,50)/b30-27-,31-29+. The molecule has 0 rings (SSSR count). The molecule has 0 aliphatic rings. The van der Waals surface area contributed by atoms with Crippen molar-refractivity contribution in [3.63, 3.8) is 0 Å². The van der Waals surface area contributed by atoms with Gasteiger partial charge in [0.1, 0.15) is 12.2 Å². The predicted molar refractivity (Wildman–Crippen MR) is 214 cm³/mol. The molecule has 6 heteroatoms. The van der Waals surface area contributed by atoms with E-state index >= 15 is 0 Å². The number of carbonyl (C=O) groups is 1. The van der Waals surface area contributed by atoms with Crippen LogP contribution in [0.3, 0.4) is 0 Å². The van der Waals surface area contributed by atoms with E-state index in [-0.39, 0.29) is 0 Å². The largest absolute Gasteiger partial charge is 0.394 e. The van der Waals surface area contributed by atoms with Gasteiger partial charge in [-0.05, 0) is 64.2 Å². The first kappa shape index (κ1) is 48.8. The molecule has 5 N–H and O–H groups in total. The lowest BCUT2D eigenvalue weighted by Crippen LogP contribution is -2.53. The molecule has 0 fully saturated rings. The van der Waals surface area contributed by atoms with Crippen LogP contribution in [-0.4, -0.2) is 57.3 Å². The number of aliphatic hydroxyl groups excluding tert-OH is 4. The molecule has 0 radical (unpaired) electrons. The topological polar surface area (TPSA) is 110 Å². The molecule has 0 spiro atoms. The third-order valence-corrected chi connectivity index (χ3v) is 10.1. The molecule has 0 saturated carbocycles. The highest BCUT2D eigenvalue weighted by Gasteiger charge is 2.28. The van der Waals surface area contributed by atoms with Gasteiger partial charge in [0.15, 0.2) is 0 Å². The fraction of sp³-hybridized carbons (Fsp3) is 0.886. The Labute approximate surface area is 310 Å². The number of allylic oxidation sites excluding steroid dienone is 4. The molecule has 0 saturated heterocycles. The Morgan fingerprint density at radius 1 is 0.480 bits per heavy atom. The maximum Gasteiger partial charge on any atom is 0.249 e. The first-order valence-corrected chi connectivity index (χ1v) is 21.7. The average molecular weight is 708 g/mol. The molecule has 0 aliphatic carbocycles. The molecule has 296 valence electrons. The summed E-state index contributed by atoms with van der Waals surface area (Å²) in [6, 6.07) is -1.01. The Hall–Kier alpha value is -1.21. The third-order valence-electron chi connectivity index (χ3n) is 10.1. The van der Waals surface area contributed by atoms with Gasteiger partial charge in [0, 0.05) is 0 Å². The second kappa shape index (κ2) is 39.0. The number of unbranched alkanes of at least 4 members (excludes halogenated alkanes) is 26. The number of nitrogens with one attached hydrogen (secondary N) is 1. The lowest BCUT2D eigenvalue weighted by atomic mass is 10.00. The summed E-state index contributed by atoms with van der Waals surface area (Å²) in [7, 11) is 0. The van der Waals surface area contributed by atoms with Gasteiger partial charge in [0.25, 0.3) is 0 Å². The van der Waals surface area contributed by atoms with E-state index < -0.39 is 36.9 Å². The van der Waals surface area contributed by atoms with Crippen LogP contribution in [0.25, 0.3) is 0 Å². The first-order chi connectivity index (χ1) is 24.5. The molecule has 4 unspecified atom stereocenters. The Morgan fingerprint density at radius 3 is 1.20 bits per heavy atom. The number of carbonyl (C=O) groups excluding carboxylic acids is 1. The summed E-state index contributed by atoms with van der Waals surface area (Å²) in [6.45, 7) is 4.02. The van der Waals surface area contributed by atoms with Crippen molar-refractivity contribution in [3.8, 4) is 0 Å². The Kier molecular flexibility index (Phi) is 38.1. The maximum absolute atomic E-state index is 12.4. The van der Waals surface area contributed by atoms with Crippen LogP contribution >= 0.6 is 0 Å². The summed E-state index contributed by atoms with van der Waals surface area (Å²) in [6.07, 6.45) is 43.6. The molecule has 4 atom stereocenters. The normalized spacial score (nSPS) is 14.4. The summed E-state index contributed by atoms with van der Waals surface area (Å²) in [4.78, 5) is 12.4. The minimum Gasteiger partial charge on any atom is -0.394 e. The summed E-state index contributed by atoms with van der Waals surface area (Å²) >= 11 is 0. The lowest BCUT2D eigenvalue weighted by Gasteiger charge is -2.27. The van der Waals surface area contributed by atoms with Gasteiger partial charge < -0.3 is 25.7 Å². The zero-order chi connectivity index (χ0) is 36.8. The van der Waals surface area contributed by atoms with Crippen LogP contribution in [0.5, 0.6) is 0 Å². The smallest absolute Gasteiger partial charge is 0.249 e. The van der Waals surface area contributed by atoms with E-state index in [9.17, 15) is 25.2 Å². The molecular formula is C44H85NO5. The van der Waals surface area contributed by atoms with E-state index in [1.54, 1.807) is 0 Å². The third kappa shape index (κ3) is 32.7. The summed E-state index contributed by atoms with van der Waals surface area (Å²) in [5.74, 6) is -0.610. The van der Waals surface area contributed by atoms with Crippen LogP contribution in [0, 0.1) is 0 Å². The minimum absolute atomic E-state index is 0.333. The van der Waals surface area contributed by atoms with Gasteiger partial charge >= 0.3 is 0 Å². The van der Waals surface area contributed by atoms with Crippen molar-refractivity contribution >= 4 is 5.91 Å². The van der Waals surface area contributed by atoms with Crippen molar-refractivity contribution in [1.82, 2.24) is 5.32 Å². The zero-order valence-electron chi connectivity index (χ0n) is 33.2. The summed E-state index contributed by atoms with van der Waals surface area (Å²) in [5, 5.41) is 43.5. The molecule has 0 aromatic rings. The zero-order valence-corrected chi connectivity index (χ0v) is 33.2. The van der Waals surface area contributed by atoms with E-state index in [0.717, 1.165) is 44.9 Å². The second-order valence-electron chi connectivity index (χ2n) is 15.0. The van der Waals surface area contributed by atoms with Crippen molar-refractivity contribution in [1.29, 1.82) is 0 Å². The minimum atomic E-state index is -1.29. The Bertz CT molecular complexity index is 757. The van der Waals surface area contributed by atoms with Crippen molar-refractivity contribution in [2.45, 2.75) is 244 Å².